The summed E-state index contributed by atoms with van der Waals surface area (Å²) in [6.45, 7) is 0.0515. The molecule has 212 valence electrons. The Bertz CT molecular complexity index is 1850. The maximum Gasteiger partial charge on any atom is 0.336 e. The van der Waals surface area contributed by atoms with Gasteiger partial charge in [0, 0.05) is 60.3 Å². The Morgan fingerprint density at radius 3 is 2.26 bits per heavy atom. The van der Waals surface area contributed by atoms with Crippen molar-refractivity contribution in [2.75, 3.05) is 13.1 Å². The monoisotopic (exact) mass is 570 g/mol. The topological polar surface area (TPSA) is 192 Å². The van der Waals surface area contributed by atoms with E-state index in [-0.39, 0.29) is 65.1 Å². The standard InChI is InChI=1S/C30H22N2O10/c33-17-3-5-19-23(13-17)42-24-14-22(34)15(2-6-25(35)31-9-10-32-26(36)7-8-27(32)37)11-21(24)28(19)18-4-1-16(29(38)39)12-20(18)30(40)41/h1,3-5,7-8,11-14,34H,2,6,9-10H2,(H,31,35)(H,38,39)(H,40,41). The number of amides is 3. The Kier molecular flexibility index (Phi) is 7.28. The molecule has 0 fully saturated rings. The van der Waals surface area contributed by atoms with Gasteiger partial charge < -0.3 is 25.1 Å². The number of carboxylic acid groups (broad SMARTS) is 2. The van der Waals surface area contributed by atoms with E-state index in [9.17, 15) is 44.1 Å². The number of imide groups is 1. The van der Waals surface area contributed by atoms with Crippen molar-refractivity contribution in [3.8, 4) is 28.2 Å². The minimum atomic E-state index is -1.38. The molecule has 5 rings (SSSR count). The molecule has 0 saturated heterocycles. The van der Waals surface area contributed by atoms with Gasteiger partial charge in [-0.2, -0.15) is 0 Å². The van der Waals surface area contributed by atoms with Gasteiger partial charge in [0.05, 0.1) is 11.1 Å². The molecule has 0 saturated carbocycles. The maximum absolute atomic E-state index is 12.5. The van der Waals surface area contributed by atoms with Crippen LogP contribution < -0.4 is 10.7 Å². The lowest BCUT2D eigenvalue weighted by Gasteiger charge is -2.18. The van der Waals surface area contributed by atoms with Crippen LogP contribution in [0.25, 0.3) is 33.4 Å². The zero-order valence-corrected chi connectivity index (χ0v) is 21.7. The van der Waals surface area contributed by atoms with Gasteiger partial charge in [0.1, 0.15) is 17.1 Å². The molecule has 1 aliphatic carbocycles. The molecule has 2 aromatic rings. The molecule has 2 heterocycles. The Hall–Kier alpha value is -5.78. The smallest absolute Gasteiger partial charge is 0.336 e. The number of nitrogens with one attached hydrogen (secondary N) is 1. The number of nitrogens with zero attached hydrogens (tertiary/aromatic N) is 1. The third-order valence-corrected chi connectivity index (χ3v) is 6.84. The molecule has 12 heteroatoms. The number of aromatic hydroxyl groups is 1. The predicted octanol–water partition coefficient (Wildman–Crippen LogP) is 2.64. The zero-order chi connectivity index (χ0) is 30.1. The molecular weight excluding hydrogens is 548 g/mol. The van der Waals surface area contributed by atoms with E-state index in [4.69, 9.17) is 4.42 Å². The Balaban J connectivity index is 1.51. The average molecular weight is 571 g/mol. The summed E-state index contributed by atoms with van der Waals surface area (Å²) in [5, 5.41) is 33.0. The van der Waals surface area contributed by atoms with E-state index in [1.807, 2.05) is 0 Å². The highest BCUT2D eigenvalue weighted by Gasteiger charge is 2.25. The normalized spacial score (nSPS) is 12.8. The van der Waals surface area contributed by atoms with Crippen molar-refractivity contribution >= 4 is 40.6 Å². The van der Waals surface area contributed by atoms with Gasteiger partial charge in [-0.05, 0) is 47.9 Å². The number of aromatic carboxylic acids is 2. The summed E-state index contributed by atoms with van der Waals surface area (Å²) >= 11 is 0. The summed E-state index contributed by atoms with van der Waals surface area (Å²) in [5.41, 5.74) is 0.440. The summed E-state index contributed by atoms with van der Waals surface area (Å²) < 4.78 is 5.89. The van der Waals surface area contributed by atoms with Crippen molar-refractivity contribution in [3.05, 3.63) is 87.6 Å². The third-order valence-electron chi connectivity index (χ3n) is 6.84. The SMILES string of the molecule is O=C(CCc1cc2c(-c3ccc(C(=O)O)cc3C(=O)O)c3ccc(=O)cc-3oc2cc1O)NCCN1C(=O)C=CC1=O. The average Bonchev–Trinajstić information content (AvgIpc) is 3.26. The third kappa shape index (κ3) is 5.32. The molecule has 12 nitrogen and oxygen atoms in total. The summed E-state index contributed by atoms with van der Waals surface area (Å²) in [4.78, 5) is 72.5. The zero-order valence-electron chi connectivity index (χ0n) is 21.7. The van der Waals surface area contributed by atoms with Crippen molar-refractivity contribution in [2.45, 2.75) is 12.8 Å². The number of carbonyl (C=O) groups is 5. The number of carbonyl (C=O) groups excluding carboxylic acids is 3. The fourth-order valence-electron chi connectivity index (χ4n) is 4.81. The molecule has 0 atom stereocenters. The molecule has 0 aromatic heterocycles. The van der Waals surface area contributed by atoms with Crippen LogP contribution in [-0.4, -0.2) is 63.0 Å². The molecule has 2 aliphatic heterocycles. The van der Waals surface area contributed by atoms with E-state index in [0.29, 0.717) is 22.1 Å². The van der Waals surface area contributed by atoms with Crippen LogP contribution in [-0.2, 0) is 20.8 Å². The molecule has 4 N–H and O–H groups in total. The van der Waals surface area contributed by atoms with Crippen LogP contribution in [0, 0.1) is 0 Å². The number of phenolic OH excluding ortho intramolecular Hbond substituents is 1. The minimum absolute atomic E-state index is 0.00717. The summed E-state index contributed by atoms with van der Waals surface area (Å²) in [6, 6.07) is 10.5. The Morgan fingerprint density at radius 1 is 0.857 bits per heavy atom. The first-order valence-corrected chi connectivity index (χ1v) is 12.7. The highest BCUT2D eigenvalue weighted by atomic mass is 16.4. The second kappa shape index (κ2) is 11.0. The molecule has 3 aliphatic rings. The molecule has 0 spiro atoms. The number of phenols is 1. The van der Waals surface area contributed by atoms with Crippen molar-refractivity contribution in [1.82, 2.24) is 10.2 Å². The molecular formula is C30H22N2O10. The molecule has 0 unspecified atom stereocenters. The van der Waals surface area contributed by atoms with Crippen LogP contribution in [0.5, 0.6) is 5.75 Å². The first kappa shape index (κ1) is 27.8. The van der Waals surface area contributed by atoms with Crippen LogP contribution in [0.3, 0.4) is 0 Å². The van der Waals surface area contributed by atoms with Crippen molar-refractivity contribution < 1.29 is 43.7 Å². The summed E-state index contributed by atoms with van der Waals surface area (Å²) in [5.74, 6) is -4.08. The van der Waals surface area contributed by atoms with Crippen LogP contribution in [0.1, 0.15) is 32.7 Å². The van der Waals surface area contributed by atoms with Crippen LogP contribution in [0.2, 0.25) is 0 Å². The van der Waals surface area contributed by atoms with E-state index in [1.54, 1.807) is 6.07 Å². The Labute approximate surface area is 236 Å². The van der Waals surface area contributed by atoms with Crippen LogP contribution in [0.15, 0.2) is 69.9 Å². The summed E-state index contributed by atoms with van der Waals surface area (Å²) in [7, 11) is 0. The van der Waals surface area contributed by atoms with Gasteiger partial charge in [-0.3, -0.25) is 24.1 Å². The number of hydrogen-bond donors (Lipinski definition) is 4. The van der Waals surface area contributed by atoms with Gasteiger partial charge in [0.25, 0.3) is 11.8 Å². The number of hydrogen-bond acceptors (Lipinski definition) is 8. The minimum Gasteiger partial charge on any atom is -0.508 e. The highest BCUT2D eigenvalue weighted by molar-refractivity contribution is 6.13. The molecule has 42 heavy (non-hydrogen) atoms. The number of benzene rings is 3. The number of carboxylic acids is 2. The van der Waals surface area contributed by atoms with Crippen LogP contribution in [0.4, 0.5) is 0 Å². The highest BCUT2D eigenvalue weighted by Crippen LogP contribution is 2.43. The Morgan fingerprint density at radius 2 is 1.57 bits per heavy atom. The van der Waals surface area contributed by atoms with Gasteiger partial charge in [0.15, 0.2) is 5.43 Å². The maximum atomic E-state index is 12.5. The first-order valence-electron chi connectivity index (χ1n) is 12.7. The summed E-state index contributed by atoms with van der Waals surface area (Å²) in [6.07, 6.45) is 2.30. The lowest BCUT2D eigenvalue weighted by atomic mass is 9.89. The van der Waals surface area contributed by atoms with E-state index in [0.717, 1.165) is 23.1 Å². The number of fused-ring (bicyclic) bond motifs is 2. The van der Waals surface area contributed by atoms with Gasteiger partial charge in [0.2, 0.25) is 5.91 Å². The predicted molar refractivity (Wildman–Crippen MR) is 147 cm³/mol. The van der Waals surface area contributed by atoms with E-state index < -0.39 is 29.7 Å². The van der Waals surface area contributed by atoms with Gasteiger partial charge >= 0.3 is 11.9 Å². The van der Waals surface area contributed by atoms with E-state index >= 15 is 0 Å². The van der Waals surface area contributed by atoms with E-state index in [2.05, 4.69) is 5.32 Å². The fourth-order valence-corrected chi connectivity index (χ4v) is 4.81. The molecule has 0 bridgehead atoms. The molecule has 0 radical (unpaired) electrons. The van der Waals surface area contributed by atoms with Crippen molar-refractivity contribution in [2.24, 2.45) is 0 Å². The largest absolute Gasteiger partial charge is 0.508 e. The quantitative estimate of drug-likeness (QED) is 0.172. The fraction of sp³-hybridized carbons (Fsp3) is 0.133. The first-order chi connectivity index (χ1) is 20.0. The van der Waals surface area contributed by atoms with Crippen molar-refractivity contribution in [3.63, 3.8) is 0 Å². The van der Waals surface area contributed by atoms with E-state index in [1.165, 1.54) is 36.4 Å². The second-order valence-corrected chi connectivity index (χ2v) is 9.49. The number of rotatable bonds is 9. The van der Waals surface area contributed by atoms with Crippen molar-refractivity contribution in [1.29, 1.82) is 0 Å². The lowest BCUT2D eigenvalue weighted by molar-refractivity contribution is -0.137. The molecule has 3 amide bonds. The second-order valence-electron chi connectivity index (χ2n) is 9.49. The van der Waals surface area contributed by atoms with Gasteiger partial charge in [-0.25, -0.2) is 9.59 Å². The van der Waals surface area contributed by atoms with Gasteiger partial charge in [-0.1, -0.05) is 6.07 Å². The lowest BCUT2D eigenvalue weighted by Crippen LogP contribution is -2.38. The van der Waals surface area contributed by atoms with Crippen LogP contribution >= 0.6 is 0 Å². The van der Waals surface area contributed by atoms with Gasteiger partial charge in [-0.15, -0.1) is 0 Å². The molecule has 2 aromatic carbocycles. The number of aryl methyl sites for hydroxylation is 1.